The van der Waals surface area contributed by atoms with Crippen LogP contribution in [0.3, 0.4) is 0 Å². The van der Waals surface area contributed by atoms with Crippen molar-refractivity contribution in [2.75, 3.05) is 0 Å². The molecule has 134 valence electrons. The van der Waals surface area contributed by atoms with Gasteiger partial charge < -0.3 is 10.2 Å². The van der Waals surface area contributed by atoms with Gasteiger partial charge in [0.25, 0.3) is 0 Å². The van der Waals surface area contributed by atoms with Crippen molar-refractivity contribution in [3.8, 4) is 0 Å². The normalized spacial score (nSPS) is 11.6. The van der Waals surface area contributed by atoms with Crippen LogP contribution in [0.2, 0.25) is 0 Å². The van der Waals surface area contributed by atoms with Crippen molar-refractivity contribution in [2.45, 2.75) is 96.8 Å². The molecule has 4 heteroatoms. The molecule has 0 amide bonds. The Bertz CT molecular complexity index is 347. The maximum atomic E-state index is 10.9. The Kier molecular flexibility index (Phi) is 14.7. The lowest BCUT2D eigenvalue weighted by molar-refractivity contribution is -0.139. The number of hydrogen-bond acceptors (Lipinski definition) is 2. The van der Waals surface area contributed by atoms with E-state index >= 15 is 0 Å². The summed E-state index contributed by atoms with van der Waals surface area (Å²) in [4.78, 5) is 21.4. The van der Waals surface area contributed by atoms with Gasteiger partial charge in [-0.3, -0.25) is 4.79 Å². The molecule has 0 saturated heterocycles. The highest BCUT2D eigenvalue weighted by Crippen LogP contribution is 2.13. The first-order valence-electron chi connectivity index (χ1n) is 9.22. The second-order valence-electron chi connectivity index (χ2n) is 6.28. The summed E-state index contributed by atoms with van der Waals surface area (Å²) >= 11 is 0. The number of carboxylic acid groups (broad SMARTS) is 2. The summed E-state index contributed by atoms with van der Waals surface area (Å²) in [5, 5.41) is 17.5. The summed E-state index contributed by atoms with van der Waals surface area (Å²) in [6.07, 6.45) is 17.1. The van der Waals surface area contributed by atoms with E-state index in [4.69, 9.17) is 10.2 Å². The summed E-state index contributed by atoms with van der Waals surface area (Å²) in [6.45, 7) is 2.24. The highest BCUT2D eigenvalue weighted by molar-refractivity contribution is 5.91. The molecule has 0 aromatic carbocycles. The Hall–Kier alpha value is -1.32. The van der Waals surface area contributed by atoms with Crippen LogP contribution >= 0.6 is 0 Å². The topological polar surface area (TPSA) is 74.6 Å². The van der Waals surface area contributed by atoms with Gasteiger partial charge in [0.2, 0.25) is 0 Å². The fourth-order valence-electron chi connectivity index (χ4n) is 2.66. The van der Waals surface area contributed by atoms with Crippen LogP contribution in [0.4, 0.5) is 0 Å². The third-order valence-corrected chi connectivity index (χ3v) is 4.06. The molecule has 0 aliphatic heterocycles. The molecule has 0 bridgehead atoms. The molecule has 0 saturated carbocycles. The molecule has 0 fully saturated rings. The molecular weight excluding hydrogens is 292 g/mol. The molecule has 0 spiro atoms. The van der Waals surface area contributed by atoms with E-state index in [2.05, 4.69) is 6.92 Å². The quantitative estimate of drug-likeness (QED) is 0.287. The van der Waals surface area contributed by atoms with E-state index in [0.717, 1.165) is 12.8 Å². The van der Waals surface area contributed by atoms with Gasteiger partial charge in [0.15, 0.2) is 0 Å². The van der Waals surface area contributed by atoms with Crippen molar-refractivity contribution in [1.82, 2.24) is 0 Å². The number of hydrogen-bond donors (Lipinski definition) is 2. The first kappa shape index (κ1) is 21.7. The molecule has 0 aromatic heterocycles. The molecule has 23 heavy (non-hydrogen) atoms. The second-order valence-corrected chi connectivity index (χ2v) is 6.28. The van der Waals surface area contributed by atoms with E-state index in [9.17, 15) is 9.59 Å². The van der Waals surface area contributed by atoms with Gasteiger partial charge in [-0.25, -0.2) is 4.79 Å². The summed E-state index contributed by atoms with van der Waals surface area (Å²) < 4.78 is 0. The highest BCUT2D eigenvalue weighted by atomic mass is 16.4. The third kappa shape index (κ3) is 15.4. The minimum atomic E-state index is -1.12. The summed E-state index contributed by atoms with van der Waals surface area (Å²) in [5.41, 5.74) is 0.000531. The van der Waals surface area contributed by atoms with Crippen LogP contribution in [0.15, 0.2) is 11.6 Å². The summed E-state index contributed by atoms with van der Waals surface area (Å²) in [7, 11) is 0. The van der Waals surface area contributed by atoms with E-state index in [1.165, 1.54) is 64.2 Å². The SMILES string of the molecule is CCCCCCCCCCCCCCC=C(CC(=O)O)C(=O)O. The fraction of sp³-hybridized carbons (Fsp3) is 0.789. The minimum absolute atomic E-state index is 0.000531. The van der Waals surface area contributed by atoms with Crippen LogP contribution in [0.5, 0.6) is 0 Å². The van der Waals surface area contributed by atoms with Crippen molar-refractivity contribution >= 4 is 11.9 Å². The molecular formula is C19H34O4. The van der Waals surface area contributed by atoms with Crippen LogP contribution < -0.4 is 0 Å². The fourth-order valence-corrected chi connectivity index (χ4v) is 2.66. The van der Waals surface area contributed by atoms with E-state index in [1.54, 1.807) is 6.08 Å². The number of rotatable bonds is 16. The Morgan fingerprint density at radius 1 is 0.739 bits per heavy atom. The Balaban J connectivity index is 3.44. The Morgan fingerprint density at radius 2 is 1.17 bits per heavy atom. The predicted octanol–water partition coefficient (Wildman–Crippen LogP) is 5.56. The molecule has 0 aliphatic carbocycles. The van der Waals surface area contributed by atoms with Gasteiger partial charge in [-0.2, -0.15) is 0 Å². The number of unbranched alkanes of at least 4 members (excludes halogenated alkanes) is 12. The molecule has 0 atom stereocenters. The maximum Gasteiger partial charge on any atom is 0.331 e. The number of carbonyl (C=O) groups is 2. The number of carboxylic acids is 2. The molecule has 0 rings (SSSR count). The van der Waals surface area contributed by atoms with Crippen LogP contribution in [-0.2, 0) is 9.59 Å². The van der Waals surface area contributed by atoms with Crippen molar-refractivity contribution in [3.63, 3.8) is 0 Å². The lowest BCUT2D eigenvalue weighted by atomic mass is 10.0. The van der Waals surface area contributed by atoms with E-state index in [1.807, 2.05) is 0 Å². The first-order chi connectivity index (χ1) is 11.1. The zero-order chi connectivity index (χ0) is 17.3. The van der Waals surface area contributed by atoms with Crippen LogP contribution in [-0.4, -0.2) is 22.2 Å². The van der Waals surface area contributed by atoms with E-state index in [-0.39, 0.29) is 5.57 Å². The Labute approximate surface area is 141 Å². The molecule has 0 radical (unpaired) electrons. The second kappa shape index (κ2) is 15.6. The molecule has 0 aromatic rings. The first-order valence-corrected chi connectivity index (χ1v) is 9.22. The average Bonchev–Trinajstić information content (AvgIpc) is 2.50. The third-order valence-electron chi connectivity index (χ3n) is 4.06. The largest absolute Gasteiger partial charge is 0.481 e. The maximum absolute atomic E-state index is 10.9. The highest BCUT2D eigenvalue weighted by Gasteiger charge is 2.10. The van der Waals surface area contributed by atoms with Gasteiger partial charge in [-0.15, -0.1) is 0 Å². The monoisotopic (exact) mass is 326 g/mol. The Morgan fingerprint density at radius 3 is 1.57 bits per heavy atom. The molecule has 0 heterocycles. The van der Waals surface area contributed by atoms with E-state index in [0.29, 0.717) is 6.42 Å². The lowest BCUT2D eigenvalue weighted by Gasteiger charge is -2.02. The smallest absolute Gasteiger partial charge is 0.331 e. The standard InChI is InChI=1S/C19H34O4/c1-2-3-4-5-6-7-8-9-10-11-12-13-14-15-17(19(22)23)16-18(20)21/h15H,2-14,16H2,1H3,(H,20,21)(H,22,23). The van der Waals surface area contributed by atoms with Crippen molar-refractivity contribution in [3.05, 3.63) is 11.6 Å². The van der Waals surface area contributed by atoms with Crippen molar-refractivity contribution in [2.24, 2.45) is 0 Å². The van der Waals surface area contributed by atoms with Crippen LogP contribution in [0.1, 0.15) is 96.8 Å². The average molecular weight is 326 g/mol. The van der Waals surface area contributed by atoms with Gasteiger partial charge in [0.05, 0.1) is 6.42 Å². The number of allylic oxidation sites excluding steroid dienone is 1. The molecule has 2 N–H and O–H groups in total. The van der Waals surface area contributed by atoms with Gasteiger partial charge in [-0.05, 0) is 12.8 Å². The van der Waals surface area contributed by atoms with Crippen LogP contribution in [0.25, 0.3) is 0 Å². The minimum Gasteiger partial charge on any atom is -0.481 e. The van der Waals surface area contributed by atoms with Crippen molar-refractivity contribution in [1.29, 1.82) is 0 Å². The molecule has 0 unspecified atom stereocenters. The zero-order valence-corrected chi connectivity index (χ0v) is 14.7. The molecule has 0 aliphatic rings. The lowest BCUT2D eigenvalue weighted by Crippen LogP contribution is -2.06. The zero-order valence-electron chi connectivity index (χ0n) is 14.7. The van der Waals surface area contributed by atoms with E-state index < -0.39 is 18.4 Å². The van der Waals surface area contributed by atoms with Gasteiger partial charge in [0, 0.05) is 5.57 Å². The van der Waals surface area contributed by atoms with Crippen LogP contribution in [0, 0.1) is 0 Å². The summed E-state index contributed by atoms with van der Waals surface area (Å²) in [6, 6.07) is 0. The van der Waals surface area contributed by atoms with Gasteiger partial charge in [-0.1, -0.05) is 83.6 Å². The van der Waals surface area contributed by atoms with Crippen molar-refractivity contribution < 1.29 is 19.8 Å². The predicted molar refractivity (Wildman–Crippen MR) is 93.7 cm³/mol. The van der Waals surface area contributed by atoms with Gasteiger partial charge >= 0.3 is 11.9 Å². The number of aliphatic carboxylic acids is 2. The van der Waals surface area contributed by atoms with Gasteiger partial charge in [0.1, 0.15) is 0 Å². The molecule has 4 nitrogen and oxygen atoms in total. The summed E-state index contributed by atoms with van der Waals surface area (Å²) in [5.74, 6) is -2.21.